The van der Waals surface area contributed by atoms with Crippen LogP contribution in [0.15, 0.2) is 18.2 Å². The van der Waals surface area contributed by atoms with E-state index >= 15 is 0 Å². The normalized spacial score (nSPS) is 18.0. The molecule has 0 aliphatic heterocycles. The van der Waals surface area contributed by atoms with Crippen molar-refractivity contribution in [2.24, 2.45) is 0 Å². The molecule has 1 fully saturated rings. The highest BCUT2D eigenvalue weighted by Gasteiger charge is 2.29. The molecule has 116 valence electrons. The second-order valence-corrected chi connectivity index (χ2v) is 6.48. The third-order valence-corrected chi connectivity index (χ3v) is 4.94. The molecule has 0 spiro atoms. The Hall–Kier alpha value is -1.15. The molecule has 1 saturated carbocycles. The van der Waals surface area contributed by atoms with E-state index in [1.807, 2.05) is 13.0 Å². The van der Waals surface area contributed by atoms with Crippen molar-refractivity contribution in [1.82, 2.24) is 4.90 Å². The van der Waals surface area contributed by atoms with Crippen LogP contribution in [-0.2, 0) is 0 Å². The van der Waals surface area contributed by atoms with E-state index in [-0.39, 0.29) is 11.8 Å². The summed E-state index contributed by atoms with van der Waals surface area (Å²) in [5.41, 5.74) is 3.16. The number of carbonyl (C=O) groups is 1. The number of likely N-dealkylation sites (N-methyl/N-ethyl adjacent to an activating group) is 1. The van der Waals surface area contributed by atoms with Gasteiger partial charge in [-0.25, -0.2) is 0 Å². The van der Waals surface area contributed by atoms with Crippen LogP contribution in [0.1, 0.15) is 67.4 Å². The molecular weight excluding hydrogens is 258 g/mol. The van der Waals surface area contributed by atoms with Gasteiger partial charge in [-0.2, -0.15) is 0 Å². The third kappa shape index (κ3) is 3.74. The van der Waals surface area contributed by atoms with E-state index in [4.69, 9.17) is 0 Å². The van der Waals surface area contributed by atoms with Gasteiger partial charge in [0.1, 0.15) is 0 Å². The monoisotopic (exact) mass is 287 g/mol. The van der Waals surface area contributed by atoms with E-state index in [2.05, 4.69) is 37.8 Å². The molecular formula is C19H29NO. The number of rotatable bonds is 5. The average Bonchev–Trinajstić information content (AvgIpc) is 2.50. The first kappa shape index (κ1) is 16.2. The lowest BCUT2D eigenvalue weighted by Gasteiger charge is -2.37. The van der Waals surface area contributed by atoms with Crippen LogP contribution >= 0.6 is 0 Å². The Balaban J connectivity index is 2.17. The van der Waals surface area contributed by atoms with Crippen LogP contribution in [0, 0.1) is 13.8 Å². The van der Waals surface area contributed by atoms with E-state index in [1.54, 1.807) is 0 Å². The summed E-state index contributed by atoms with van der Waals surface area (Å²) >= 11 is 0. The molecule has 1 aromatic rings. The average molecular weight is 287 g/mol. The van der Waals surface area contributed by atoms with Gasteiger partial charge in [-0.3, -0.25) is 9.69 Å². The van der Waals surface area contributed by atoms with Crippen molar-refractivity contribution in [3.05, 3.63) is 34.9 Å². The standard InChI is InChI=1S/C19H29NO/c1-5-20(17-9-7-6-8-10-17)16(4)19(21)18-13-14(2)11-12-15(18)3/h11-13,16-17H,5-10H2,1-4H3. The molecule has 21 heavy (non-hydrogen) atoms. The smallest absolute Gasteiger partial charge is 0.179 e. The summed E-state index contributed by atoms with van der Waals surface area (Å²) in [7, 11) is 0. The van der Waals surface area contributed by atoms with E-state index in [1.165, 1.54) is 32.1 Å². The van der Waals surface area contributed by atoms with Crippen LogP contribution in [0.5, 0.6) is 0 Å². The highest BCUT2D eigenvalue weighted by atomic mass is 16.1. The van der Waals surface area contributed by atoms with E-state index in [0.717, 1.165) is 23.2 Å². The lowest BCUT2D eigenvalue weighted by molar-refractivity contribution is 0.0717. The van der Waals surface area contributed by atoms with Crippen LogP contribution in [0.25, 0.3) is 0 Å². The molecule has 1 aliphatic rings. The first-order valence-electron chi connectivity index (χ1n) is 8.41. The number of nitrogens with zero attached hydrogens (tertiary/aromatic N) is 1. The van der Waals surface area contributed by atoms with Gasteiger partial charge >= 0.3 is 0 Å². The van der Waals surface area contributed by atoms with Crippen molar-refractivity contribution in [2.45, 2.75) is 71.9 Å². The SMILES string of the molecule is CCN(C1CCCCC1)C(C)C(=O)c1cc(C)ccc1C. The Morgan fingerprint density at radius 1 is 1.24 bits per heavy atom. The van der Waals surface area contributed by atoms with Crippen LogP contribution < -0.4 is 0 Å². The second-order valence-electron chi connectivity index (χ2n) is 6.48. The topological polar surface area (TPSA) is 20.3 Å². The van der Waals surface area contributed by atoms with Gasteiger partial charge in [-0.15, -0.1) is 0 Å². The lowest BCUT2D eigenvalue weighted by atomic mass is 9.91. The Morgan fingerprint density at radius 3 is 2.52 bits per heavy atom. The Kier molecular flexibility index (Phi) is 5.58. The first-order valence-corrected chi connectivity index (χ1v) is 8.41. The number of hydrogen-bond donors (Lipinski definition) is 0. The molecule has 1 unspecified atom stereocenters. The third-order valence-electron chi connectivity index (χ3n) is 4.94. The van der Waals surface area contributed by atoms with Crippen molar-refractivity contribution < 1.29 is 4.79 Å². The summed E-state index contributed by atoms with van der Waals surface area (Å²) in [6.07, 6.45) is 6.47. The lowest BCUT2D eigenvalue weighted by Crippen LogP contribution is -2.46. The molecule has 1 aromatic carbocycles. The Bertz CT molecular complexity index is 488. The summed E-state index contributed by atoms with van der Waals surface area (Å²) in [5, 5.41) is 0. The van der Waals surface area contributed by atoms with Gasteiger partial charge in [0, 0.05) is 11.6 Å². The molecule has 2 nitrogen and oxygen atoms in total. The van der Waals surface area contributed by atoms with Crippen LogP contribution in [0.3, 0.4) is 0 Å². The number of Topliss-reactive ketones (excluding diaryl/α,β-unsaturated/α-hetero) is 1. The Morgan fingerprint density at radius 2 is 1.90 bits per heavy atom. The minimum Gasteiger partial charge on any atom is -0.292 e. The fraction of sp³-hybridized carbons (Fsp3) is 0.632. The van der Waals surface area contributed by atoms with Crippen LogP contribution in [0.4, 0.5) is 0 Å². The molecule has 2 rings (SSSR count). The minimum absolute atomic E-state index is 0.0152. The number of benzene rings is 1. The predicted molar refractivity (Wildman–Crippen MR) is 89.0 cm³/mol. The molecule has 0 bridgehead atoms. The van der Waals surface area contributed by atoms with Crippen molar-refractivity contribution >= 4 is 5.78 Å². The number of carbonyl (C=O) groups excluding carboxylic acids is 1. The molecule has 0 heterocycles. The van der Waals surface area contributed by atoms with Crippen LogP contribution in [0.2, 0.25) is 0 Å². The maximum absolute atomic E-state index is 12.9. The molecule has 0 N–H and O–H groups in total. The minimum atomic E-state index is -0.0152. The summed E-state index contributed by atoms with van der Waals surface area (Å²) in [5.74, 6) is 0.281. The highest BCUT2D eigenvalue weighted by Crippen LogP contribution is 2.25. The molecule has 1 aliphatic carbocycles. The summed E-state index contributed by atoms with van der Waals surface area (Å²) in [6.45, 7) is 9.32. The predicted octanol–water partition coefficient (Wildman–Crippen LogP) is 4.53. The van der Waals surface area contributed by atoms with E-state index in [9.17, 15) is 4.79 Å². The highest BCUT2D eigenvalue weighted by molar-refractivity contribution is 6.01. The van der Waals surface area contributed by atoms with Gasteiger partial charge in [-0.1, -0.05) is 43.9 Å². The van der Waals surface area contributed by atoms with Gasteiger partial charge in [0.15, 0.2) is 5.78 Å². The van der Waals surface area contributed by atoms with Gasteiger partial charge in [0.2, 0.25) is 0 Å². The van der Waals surface area contributed by atoms with Gasteiger partial charge in [0.25, 0.3) is 0 Å². The zero-order chi connectivity index (χ0) is 15.4. The maximum Gasteiger partial charge on any atom is 0.179 e. The molecule has 2 heteroatoms. The number of ketones is 1. The van der Waals surface area contributed by atoms with Crippen molar-refractivity contribution in [3.8, 4) is 0 Å². The quantitative estimate of drug-likeness (QED) is 0.742. The van der Waals surface area contributed by atoms with Crippen molar-refractivity contribution in [2.75, 3.05) is 6.54 Å². The van der Waals surface area contributed by atoms with Gasteiger partial charge in [0.05, 0.1) is 6.04 Å². The van der Waals surface area contributed by atoms with Gasteiger partial charge in [-0.05, 0) is 51.8 Å². The first-order chi connectivity index (χ1) is 10.0. The number of aryl methyl sites for hydroxylation is 2. The molecule has 0 saturated heterocycles. The fourth-order valence-electron chi connectivity index (χ4n) is 3.64. The van der Waals surface area contributed by atoms with Crippen molar-refractivity contribution in [1.29, 1.82) is 0 Å². The second kappa shape index (κ2) is 7.22. The van der Waals surface area contributed by atoms with Crippen LogP contribution in [-0.4, -0.2) is 29.3 Å². The summed E-state index contributed by atoms with van der Waals surface area (Å²) in [4.78, 5) is 15.3. The molecule has 0 radical (unpaired) electrons. The zero-order valence-corrected chi connectivity index (χ0v) is 14.0. The summed E-state index contributed by atoms with van der Waals surface area (Å²) < 4.78 is 0. The summed E-state index contributed by atoms with van der Waals surface area (Å²) in [6, 6.07) is 6.76. The van der Waals surface area contributed by atoms with E-state index in [0.29, 0.717) is 6.04 Å². The van der Waals surface area contributed by atoms with Crippen molar-refractivity contribution in [3.63, 3.8) is 0 Å². The van der Waals surface area contributed by atoms with Gasteiger partial charge < -0.3 is 0 Å². The fourth-order valence-corrected chi connectivity index (χ4v) is 3.64. The van der Waals surface area contributed by atoms with E-state index < -0.39 is 0 Å². The zero-order valence-electron chi connectivity index (χ0n) is 14.0. The Labute approximate surface area is 129 Å². The largest absolute Gasteiger partial charge is 0.292 e. The molecule has 0 amide bonds. The number of hydrogen-bond acceptors (Lipinski definition) is 2. The molecule has 0 aromatic heterocycles. The molecule has 1 atom stereocenters. The maximum atomic E-state index is 12.9.